The number of benzene rings is 1. The van der Waals surface area contributed by atoms with E-state index >= 15 is 0 Å². The number of carbonyl (C=O) groups is 2. The van der Waals surface area contributed by atoms with Crippen LogP contribution >= 0.6 is 0 Å². The maximum absolute atomic E-state index is 13.3. The fourth-order valence-corrected chi connectivity index (χ4v) is 2.69. The molecule has 3 amide bonds. The third-order valence-electron chi connectivity index (χ3n) is 4.17. The highest BCUT2D eigenvalue weighted by Crippen LogP contribution is 2.22. The van der Waals surface area contributed by atoms with E-state index in [9.17, 15) is 14.0 Å². The van der Waals surface area contributed by atoms with E-state index in [-0.39, 0.29) is 30.3 Å². The Morgan fingerprint density at radius 2 is 1.96 bits per heavy atom. The highest BCUT2D eigenvalue weighted by molar-refractivity contribution is 5.83. The molecule has 1 saturated heterocycles. The summed E-state index contributed by atoms with van der Waals surface area (Å²) in [5.41, 5.74) is 0.936. The zero-order valence-corrected chi connectivity index (χ0v) is 13.5. The van der Waals surface area contributed by atoms with Gasteiger partial charge in [0.2, 0.25) is 5.91 Å². The van der Waals surface area contributed by atoms with Crippen LogP contribution in [0.1, 0.15) is 18.5 Å². The smallest absolute Gasteiger partial charge is 0.314 e. The van der Waals surface area contributed by atoms with Crippen LogP contribution in [-0.2, 0) is 4.79 Å². The molecule has 23 heavy (non-hydrogen) atoms. The molecule has 7 heteroatoms. The van der Waals surface area contributed by atoms with Crippen molar-refractivity contribution in [3.63, 3.8) is 0 Å². The zero-order valence-electron chi connectivity index (χ0n) is 13.5. The predicted octanol–water partition coefficient (Wildman–Crippen LogP) is 0.960. The van der Waals surface area contributed by atoms with Gasteiger partial charge in [0.05, 0.1) is 6.54 Å². The van der Waals surface area contributed by atoms with Crippen molar-refractivity contribution in [1.29, 1.82) is 0 Å². The number of nitrogens with one attached hydrogen (secondary N) is 2. The standard InChI is InChI=1S/C16H23FN4O2/c1-12(13-4-3-5-14(17)10-13)20-6-8-21(9-7-20)15(22)11-19-16(23)18-2/h3-5,10,12H,6-9,11H2,1-2H3,(H2,18,19,23)/t12-/m0/s1. The molecule has 2 rings (SSSR count). The number of halogens is 1. The first-order valence-corrected chi connectivity index (χ1v) is 7.74. The van der Waals surface area contributed by atoms with E-state index in [4.69, 9.17) is 0 Å². The highest BCUT2D eigenvalue weighted by Gasteiger charge is 2.24. The minimum atomic E-state index is -0.364. The highest BCUT2D eigenvalue weighted by atomic mass is 19.1. The molecule has 1 heterocycles. The number of carbonyl (C=O) groups excluding carboxylic acids is 2. The van der Waals surface area contributed by atoms with Gasteiger partial charge in [-0.3, -0.25) is 9.69 Å². The van der Waals surface area contributed by atoms with Gasteiger partial charge in [0.15, 0.2) is 0 Å². The second-order valence-corrected chi connectivity index (χ2v) is 5.58. The van der Waals surface area contributed by atoms with Crippen LogP contribution in [0.25, 0.3) is 0 Å². The third kappa shape index (κ3) is 4.66. The molecule has 1 aromatic carbocycles. The lowest BCUT2D eigenvalue weighted by atomic mass is 10.1. The average Bonchev–Trinajstić information content (AvgIpc) is 2.58. The number of hydrogen-bond donors (Lipinski definition) is 2. The van der Waals surface area contributed by atoms with Gasteiger partial charge in [-0.05, 0) is 24.6 Å². The quantitative estimate of drug-likeness (QED) is 0.868. The van der Waals surface area contributed by atoms with Crippen molar-refractivity contribution in [2.75, 3.05) is 39.8 Å². The van der Waals surface area contributed by atoms with Crippen LogP contribution in [0.2, 0.25) is 0 Å². The van der Waals surface area contributed by atoms with Crippen molar-refractivity contribution in [2.45, 2.75) is 13.0 Å². The molecule has 0 aliphatic carbocycles. The van der Waals surface area contributed by atoms with Gasteiger partial charge >= 0.3 is 6.03 Å². The number of hydrogen-bond acceptors (Lipinski definition) is 3. The fourth-order valence-electron chi connectivity index (χ4n) is 2.69. The van der Waals surface area contributed by atoms with Crippen molar-refractivity contribution in [3.05, 3.63) is 35.6 Å². The fraction of sp³-hybridized carbons (Fsp3) is 0.500. The summed E-state index contributed by atoms with van der Waals surface area (Å²) in [6.07, 6.45) is 0. The van der Waals surface area contributed by atoms with E-state index in [1.165, 1.54) is 13.1 Å². The maximum atomic E-state index is 13.3. The molecule has 126 valence electrons. The molecule has 6 nitrogen and oxygen atoms in total. The van der Waals surface area contributed by atoms with Gasteiger partial charge in [-0.1, -0.05) is 12.1 Å². The SMILES string of the molecule is CNC(=O)NCC(=O)N1CCN([C@@H](C)c2cccc(F)c2)CC1. The Balaban J connectivity index is 1.83. The summed E-state index contributed by atoms with van der Waals surface area (Å²) in [6, 6.07) is 6.36. The predicted molar refractivity (Wildman–Crippen MR) is 85.4 cm³/mol. The van der Waals surface area contributed by atoms with Gasteiger partial charge in [-0.15, -0.1) is 0 Å². The Kier molecular flexibility index (Phi) is 5.92. The van der Waals surface area contributed by atoms with Crippen molar-refractivity contribution < 1.29 is 14.0 Å². The summed E-state index contributed by atoms with van der Waals surface area (Å²) in [6.45, 7) is 4.70. The second kappa shape index (κ2) is 7.92. The molecular weight excluding hydrogens is 299 g/mol. The molecule has 0 spiro atoms. The lowest BCUT2D eigenvalue weighted by molar-refractivity contribution is -0.132. The van der Waals surface area contributed by atoms with Gasteiger partial charge in [-0.2, -0.15) is 0 Å². The molecule has 0 radical (unpaired) electrons. The van der Waals surface area contributed by atoms with Crippen LogP contribution in [0.15, 0.2) is 24.3 Å². The molecular formula is C16H23FN4O2. The van der Waals surface area contributed by atoms with Crippen LogP contribution in [0.5, 0.6) is 0 Å². The summed E-state index contributed by atoms with van der Waals surface area (Å²) < 4.78 is 13.3. The number of rotatable bonds is 4. The molecule has 1 atom stereocenters. The van der Waals surface area contributed by atoms with Crippen LogP contribution in [-0.4, -0.2) is 61.5 Å². The molecule has 0 saturated carbocycles. The second-order valence-electron chi connectivity index (χ2n) is 5.58. The lowest BCUT2D eigenvalue weighted by Crippen LogP contribution is -2.52. The van der Waals surface area contributed by atoms with Crippen molar-refractivity contribution in [2.24, 2.45) is 0 Å². The molecule has 1 aliphatic rings. The Labute approximate surface area is 135 Å². The lowest BCUT2D eigenvalue weighted by Gasteiger charge is -2.38. The van der Waals surface area contributed by atoms with Crippen LogP contribution in [0.4, 0.5) is 9.18 Å². The van der Waals surface area contributed by atoms with Crippen molar-refractivity contribution in [1.82, 2.24) is 20.4 Å². The normalized spacial score (nSPS) is 16.7. The summed E-state index contributed by atoms with van der Waals surface area (Å²) in [4.78, 5) is 27.1. The Hall–Kier alpha value is -2.15. The van der Waals surface area contributed by atoms with Gasteiger partial charge in [-0.25, -0.2) is 9.18 Å². The minimum absolute atomic E-state index is 0.000870. The zero-order chi connectivity index (χ0) is 16.8. The minimum Gasteiger partial charge on any atom is -0.341 e. The largest absolute Gasteiger partial charge is 0.341 e. The molecule has 0 bridgehead atoms. The van der Waals surface area contributed by atoms with Crippen LogP contribution in [0, 0.1) is 5.82 Å². The first-order valence-electron chi connectivity index (χ1n) is 7.74. The first-order chi connectivity index (χ1) is 11.0. The van der Waals surface area contributed by atoms with Crippen LogP contribution in [0.3, 0.4) is 0 Å². The van der Waals surface area contributed by atoms with Crippen LogP contribution < -0.4 is 10.6 Å². The molecule has 1 aromatic rings. The molecule has 2 N–H and O–H groups in total. The monoisotopic (exact) mass is 322 g/mol. The van der Waals surface area contributed by atoms with Crippen molar-refractivity contribution in [3.8, 4) is 0 Å². The Bertz CT molecular complexity index is 559. The van der Waals surface area contributed by atoms with E-state index in [2.05, 4.69) is 15.5 Å². The van der Waals surface area contributed by atoms with Gasteiger partial charge in [0, 0.05) is 39.3 Å². The topological polar surface area (TPSA) is 64.7 Å². The van der Waals surface area contributed by atoms with Gasteiger partial charge in [0.25, 0.3) is 0 Å². The molecule has 1 fully saturated rings. The van der Waals surface area contributed by atoms with E-state index < -0.39 is 0 Å². The first kappa shape index (κ1) is 17.2. The van der Waals surface area contributed by atoms with Gasteiger partial charge < -0.3 is 15.5 Å². The van der Waals surface area contributed by atoms with E-state index in [0.717, 1.165) is 18.7 Å². The van der Waals surface area contributed by atoms with E-state index in [1.807, 2.05) is 13.0 Å². The van der Waals surface area contributed by atoms with E-state index in [1.54, 1.807) is 17.0 Å². The number of amides is 3. The number of nitrogens with zero attached hydrogens (tertiary/aromatic N) is 2. The summed E-state index contributed by atoms with van der Waals surface area (Å²) in [5, 5.41) is 4.91. The third-order valence-corrected chi connectivity index (χ3v) is 4.17. The number of urea groups is 1. The molecule has 1 aliphatic heterocycles. The summed E-state index contributed by atoms with van der Waals surface area (Å²) in [5.74, 6) is -0.324. The Morgan fingerprint density at radius 1 is 1.26 bits per heavy atom. The molecule has 0 unspecified atom stereocenters. The maximum Gasteiger partial charge on any atom is 0.314 e. The average molecular weight is 322 g/mol. The Morgan fingerprint density at radius 3 is 2.57 bits per heavy atom. The van der Waals surface area contributed by atoms with Crippen molar-refractivity contribution >= 4 is 11.9 Å². The molecule has 0 aromatic heterocycles. The van der Waals surface area contributed by atoms with Gasteiger partial charge in [0.1, 0.15) is 5.82 Å². The number of piperazine rings is 1. The van der Waals surface area contributed by atoms with E-state index in [0.29, 0.717) is 13.1 Å². The summed E-state index contributed by atoms with van der Waals surface area (Å²) >= 11 is 0. The summed E-state index contributed by atoms with van der Waals surface area (Å²) in [7, 11) is 1.51.